The van der Waals surface area contributed by atoms with Crippen molar-refractivity contribution < 1.29 is 0 Å². The monoisotopic (exact) mass is 251 g/mol. The molecule has 1 unspecified atom stereocenters. The van der Waals surface area contributed by atoms with Crippen LogP contribution in [0.4, 0.5) is 0 Å². The summed E-state index contributed by atoms with van der Waals surface area (Å²) >= 11 is 0. The van der Waals surface area contributed by atoms with Crippen molar-refractivity contribution in [1.29, 1.82) is 0 Å². The lowest BCUT2D eigenvalue weighted by molar-refractivity contribution is 0.452. The molecule has 1 atom stereocenters. The summed E-state index contributed by atoms with van der Waals surface area (Å²) in [5.41, 5.74) is 1.74. The van der Waals surface area contributed by atoms with E-state index >= 15 is 0 Å². The molecule has 1 heterocycles. The number of rotatable bonds is 6. The van der Waals surface area contributed by atoms with E-state index in [1.54, 1.807) is 4.68 Å². The molecule has 0 fully saturated rings. The minimum absolute atomic E-state index is 0.0325. The average Bonchev–Trinajstić information content (AvgIpc) is 2.30. The van der Waals surface area contributed by atoms with Gasteiger partial charge in [-0.3, -0.25) is 4.79 Å². The van der Waals surface area contributed by atoms with Crippen LogP contribution in [0.5, 0.6) is 0 Å². The number of hydrogen-bond donors (Lipinski definition) is 1. The first-order valence-corrected chi connectivity index (χ1v) is 6.75. The smallest absolute Gasteiger partial charge is 0.271 e. The highest BCUT2D eigenvalue weighted by Gasteiger charge is 2.08. The maximum Gasteiger partial charge on any atom is 0.271 e. The van der Waals surface area contributed by atoms with Gasteiger partial charge in [0, 0.05) is 24.7 Å². The first kappa shape index (κ1) is 14.9. The number of hydrogen-bond acceptors (Lipinski definition) is 3. The second-order valence-corrected chi connectivity index (χ2v) is 5.38. The molecule has 0 amide bonds. The van der Waals surface area contributed by atoms with Gasteiger partial charge in [-0.1, -0.05) is 20.8 Å². The molecule has 1 rings (SSSR count). The summed E-state index contributed by atoms with van der Waals surface area (Å²) in [6.45, 7) is 11.7. The molecule has 1 aromatic heterocycles. The van der Waals surface area contributed by atoms with Gasteiger partial charge >= 0.3 is 0 Å². The Balaban J connectivity index is 2.91. The van der Waals surface area contributed by atoms with Gasteiger partial charge in [-0.15, -0.1) is 0 Å². The lowest BCUT2D eigenvalue weighted by Gasteiger charge is -2.13. The highest BCUT2D eigenvalue weighted by Crippen LogP contribution is 2.00. The number of aromatic nitrogens is 2. The lowest BCUT2D eigenvalue weighted by Crippen LogP contribution is -2.33. The molecule has 0 bridgehead atoms. The third kappa shape index (κ3) is 4.26. The number of nitrogens with zero attached hydrogens (tertiary/aromatic N) is 2. The second-order valence-electron chi connectivity index (χ2n) is 5.38. The van der Waals surface area contributed by atoms with Crippen LogP contribution in [-0.4, -0.2) is 15.8 Å². The van der Waals surface area contributed by atoms with Crippen LogP contribution in [0.25, 0.3) is 0 Å². The Bertz CT molecular complexity index is 437. The van der Waals surface area contributed by atoms with Gasteiger partial charge in [-0.05, 0) is 32.3 Å². The van der Waals surface area contributed by atoms with Crippen molar-refractivity contribution in [2.45, 2.75) is 60.2 Å². The number of nitrogens with one attached hydrogen (secondary N) is 1. The van der Waals surface area contributed by atoms with E-state index in [-0.39, 0.29) is 5.56 Å². The highest BCUT2D eigenvalue weighted by molar-refractivity contribution is 5.12. The average molecular weight is 251 g/mol. The van der Waals surface area contributed by atoms with Crippen LogP contribution >= 0.6 is 0 Å². The summed E-state index contributed by atoms with van der Waals surface area (Å²) in [4.78, 5) is 12.2. The molecule has 102 valence electrons. The lowest BCUT2D eigenvalue weighted by atomic mass is 10.2. The Morgan fingerprint density at radius 1 is 1.39 bits per heavy atom. The van der Waals surface area contributed by atoms with Gasteiger partial charge < -0.3 is 5.32 Å². The first-order valence-electron chi connectivity index (χ1n) is 6.75. The molecule has 0 saturated heterocycles. The molecule has 0 saturated carbocycles. The van der Waals surface area contributed by atoms with Gasteiger partial charge in [0.1, 0.15) is 0 Å². The quantitative estimate of drug-likeness (QED) is 0.842. The molecule has 0 aliphatic heterocycles. The first-order chi connectivity index (χ1) is 8.43. The van der Waals surface area contributed by atoms with Crippen molar-refractivity contribution in [2.75, 3.05) is 0 Å². The number of aryl methyl sites for hydroxylation is 1. The molecule has 4 heteroatoms. The van der Waals surface area contributed by atoms with Crippen molar-refractivity contribution in [3.8, 4) is 0 Å². The van der Waals surface area contributed by atoms with E-state index in [1.807, 2.05) is 13.0 Å². The van der Waals surface area contributed by atoms with E-state index in [9.17, 15) is 4.79 Å². The molecule has 0 spiro atoms. The summed E-state index contributed by atoms with van der Waals surface area (Å²) in [6.07, 6.45) is 1.06. The molecule has 0 radical (unpaired) electrons. The van der Waals surface area contributed by atoms with Crippen LogP contribution in [0, 0.1) is 12.8 Å². The molecule has 0 aliphatic rings. The van der Waals surface area contributed by atoms with Gasteiger partial charge in [-0.25, -0.2) is 4.68 Å². The molecule has 4 nitrogen and oxygen atoms in total. The predicted molar refractivity (Wildman–Crippen MR) is 74.7 cm³/mol. The third-order valence-corrected chi connectivity index (χ3v) is 2.96. The van der Waals surface area contributed by atoms with Crippen LogP contribution in [0.2, 0.25) is 0 Å². The summed E-state index contributed by atoms with van der Waals surface area (Å²) in [5, 5.41) is 7.65. The Kier molecular flexibility index (Phi) is 5.54. The molecule has 0 aliphatic carbocycles. The minimum Gasteiger partial charge on any atom is -0.310 e. The Morgan fingerprint density at radius 2 is 2.06 bits per heavy atom. The molecule has 0 aromatic carbocycles. The fraction of sp³-hybridized carbons (Fsp3) is 0.714. The summed E-state index contributed by atoms with van der Waals surface area (Å²) < 4.78 is 1.59. The van der Waals surface area contributed by atoms with Crippen LogP contribution in [0.15, 0.2) is 10.9 Å². The van der Waals surface area contributed by atoms with Crippen LogP contribution in [0.1, 0.15) is 45.4 Å². The fourth-order valence-corrected chi connectivity index (χ4v) is 1.77. The van der Waals surface area contributed by atoms with Crippen molar-refractivity contribution >= 4 is 0 Å². The van der Waals surface area contributed by atoms with Crippen molar-refractivity contribution in [2.24, 2.45) is 5.92 Å². The minimum atomic E-state index is 0.0325. The van der Waals surface area contributed by atoms with E-state index < -0.39 is 0 Å². The largest absolute Gasteiger partial charge is 0.310 e. The topological polar surface area (TPSA) is 46.9 Å². The van der Waals surface area contributed by atoms with Gasteiger partial charge in [0.05, 0.1) is 5.69 Å². The van der Waals surface area contributed by atoms with Gasteiger partial charge in [0.2, 0.25) is 0 Å². The van der Waals surface area contributed by atoms with Crippen LogP contribution in [0.3, 0.4) is 0 Å². The molecule has 1 aromatic rings. The highest BCUT2D eigenvalue weighted by atomic mass is 16.1. The summed E-state index contributed by atoms with van der Waals surface area (Å²) in [5.74, 6) is 0.423. The molecule has 18 heavy (non-hydrogen) atoms. The zero-order valence-electron chi connectivity index (χ0n) is 12.2. The Labute approximate surface area is 109 Å². The Hall–Kier alpha value is -1.16. The molecular weight excluding hydrogens is 226 g/mol. The zero-order chi connectivity index (χ0) is 13.7. The van der Waals surface area contributed by atoms with E-state index in [2.05, 4.69) is 38.1 Å². The van der Waals surface area contributed by atoms with Gasteiger partial charge in [-0.2, -0.15) is 5.10 Å². The summed E-state index contributed by atoms with van der Waals surface area (Å²) in [7, 11) is 0. The molecule has 1 N–H and O–H groups in total. The van der Waals surface area contributed by atoms with E-state index in [0.29, 0.717) is 25.0 Å². The van der Waals surface area contributed by atoms with E-state index in [4.69, 9.17) is 0 Å². The maximum absolute atomic E-state index is 12.2. The summed E-state index contributed by atoms with van der Waals surface area (Å²) in [6, 6.07) is 2.31. The van der Waals surface area contributed by atoms with Crippen LogP contribution in [-0.2, 0) is 13.1 Å². The van der Waals surface area contributed by atoms with E-state index in [1.165, 1.54) is 0 Å². The zero-order valence-corrected chi connectivity index (χ0v) is 12.2. The maximum atomic E-state index is 12.2. The van der Waals surface area contributed by atoms with Crippen molar-refractivity contribution in [3.63, 3.8) is 0 Å². The third-order valence-electron chi connectivity index (χ3n) is 2.96. The standard InChI is InChI=1S/C14H25N3O/c1-6-11(4)15-8-13-7-12(5)16-17(14(13)18)9-10(2)3/h7,10-11,15H,6,8-9H2,1-5H3. The predicted octanol–water partition coefficient (Wildman–Crippen LogP) is 2.10. The van der Waals surface area contributed by atoms with Gasteiger partial charge in [0.15, 0.2) is 0 Å². The van der Waals surface area contributed by atoms with E-state index in [0.717, 1.165) is 17.7 Å². The Morgan fingerprint density at radius 3 is 2.61 bits per heavy atom. The molecular formula is C14H25N3O. The van der Waals surface area contributed by atoms with Gasteiger partial charge in [0.25, 0.3) is 5.56 Å². The normalized spacial score (nSPS) is 13.0. The second kappa shape index (κ2) is 6.69. The fourth-order valence-electron chi connectivity index (χ4n) is 1.77. The van der Waals surface area contributed by atoms with Crippen LogP contribution < -0.4 is 10.9 Å². The van der Waals surface area contributed by atoms with Crippen molar-refractivity contribution in [1.82, 2.24) is 15.1 Å². The van der Waals surface area contributed by atoms with Crippen molar-refractivity contribution in [3.05, 3.63) is 27.7 Å². The SMILES string of the molecule is CCC(C)NCc1cc(C)nn(CC(C)C)c1=O.